The topological polar surface area (TPSA) is 109 Å². The molecule has 0 saturated heterocycles. The standard InChI is InChI=1S/C14H10O6S.2C10H16N/c15-13(16)9-1-5-11(6-2-9)21(19,20)12-7-3-10(4-8-12)14(17)18;2*1-11(2,3)9-10-7-5-4-6-8-10/h1-8H,(H,15,16)(H,17,18);2*4-8H,9H2,1-3H3/q;2*+1. The number of carboxylic acids is 2. The average Bonchev–Trinajstić information content (AvgIpc) is 2.93. The molecule has 4 rings (SSSR count). The van der Waals surface area contributed by atoms with Gasteiger partial charge in [-0.15, -0.1) is 0 Å². The van der Waals surface area contributed by atoms with Crippen LogP contribution in [0.2, 0.25) is 0 Å². The zero-order valence-electron chi connectivity index (χ0n) is 25.6. The minimum atomic E-state index is -3.81. The molecule has 0 unspecified atom stereocenters. The average molecular weight is 607 g/mol. The van der Waals surface area contributed by atoms with Crippen LogP contribution in [-0.2, 0) is 22.9 Å². The first-order chi connectivity index (χ1) is 20.0. The largest absolute Gasteiger partial charge is 0.478 e. The van der Waals surface area contributed by atoms with Gasteiger partial charge >= 0.3 is 11.9 Å². The fourth-order valence-electron chi connectivity index (χ4n) is 3.95. The van der Waals surface area contributed by atoms with Crippen LogP contribution < -0.4 is 0 Å². The Bertz CT molecular complexity index is 1440. The number of carbonyl (C=O) groups is 2. The molecule has 0 saturated carbocycles. The van der Waals surface area contributed by atoms with E-state index in [4.69, 9.17) is 10.2 Å². The summed E-state index contributed by atoms with van der Waals surface area (Å²) >= 11 is 0. The van der Waals surface area contributed by atoms with E-state index < -0.39 is 21.8 Å². The van der Waals surface area contributed by atoms with E-state index in [1.165, 1.54) is 59.7 Å². The summed E-state index contributed by atoms with van der Waals surface area (Å²) in [5.74, 6) is -2.30. The van der Waals surface area contributed by atoms with Crippen molar-refractivity contribution < 1.29 is 37.2 Å². The Labute approximate surface area is 255 Å². The molecule has 0 radical (unpaired) electrons. The normalized spacial score (nSPS) is 11.3. The van der Waals surface area contributed by atoms with Gasteiger partial charge in [-0.1, -0.05) is 60.7 Å². The van der Waals surface area contributed by atoms with E-state index in [0.717, 1.165) is 22.1 Å². The summed E-state index contributed by atoms with van der Waals surface area (Å²) in [4.78, 5) is 21.3. The maximum absolute atomic E-state index is 12.3. The van der Waals surface area contributed by atoms with Gasteiger partial charge < -0.3 is 19.2 Å². The second kappa shape index (κ2) is 15.2. The zero-order chi connectivity index (χ0) is 32.3. The van der Waals surface area contributed by atoms with E-state index in [2.05, 4.69) is 103 Å². The minimum Gasteiger partial charge on any atom is -0.478 e. The lowest BCUT2D eigenvalue weighted by atomic mass is 10.2. The van der Waals surface area contributed by atoms with Crippen LogP contribution in [0.25, 0.3) is 0 Å². The van der Waals surface area contributed by atoms with Crippen LogP contribution in [0.15, 0.2) is 119 Å². The Morgan fingerprint density at radius 3 is 1.02 bits per heavy atom. The maximum atomic E-state index is 12.3. The predicted octanol–water partition coefficient (Wildman–Crippen LogP) is 5.70. The summed E-state index contributed by atoms with van der Waals surface area (Å²) in [7, 11) is 9.40. The third-order valence-electron chi connectivity index (χ3n) is 5.82. The molecule has 2 N–H and O–H groups in total. The van der Waals surface area contributed by atoms with Crippen LogP contribution in [0.1, 0.15) is 31.8 Å². The Hall–Kier alpha value is -4.31. The molecule has 0 heterocycles. The van der Waals surface area contributed by atoms with Crippen LogP contribution in [0.3, 0.4) is 0 Å². The number of sulfone groups is 1. The fourth-order valence-corrected chi connectivity index (χ4v) is 5.21. The molecule has 0 aromatic heterocycles. The van der Waals surface area contributed by atoms with E-state index in [9.17, 15) is 18.0 Å². The van der Waals surface area contributed by atoms with E-state index in [0.29, 0.717) is 0 Å². The SMILES string of the molecule is C[N+](C)(C)Cc1ccccc1.C[N+](C)(C)Cc1ccccc1.O=C(O)c1ccc(S(=O)(=O)c2ccc(C(=O)O)cc2)cc1. The Morgan fingerprint density at radius 2 is 0.791 bits per heavy atom. The highest BCUT2D eigenvalue weighted by Crippen LogP contribution is 2.21. The van der Waals surface area contributed by atoms with Gasteiger partial charge in [0.1, 0.15) is 13.1 Å². The highest BCUT2D eigenvalue weighted by Gasteiger charge is 2.18. The van der Waals surface area contributed by atoms with Crippen molar-refractivity contribution in [3.63, 3.8) is 0 Å². The Kier molecular flexibility index (Phi) is 12.4. The lowest BCUT2D eigenvalue weighted by Crippen LogP contribution is -2.33. The molecule has 0 amide bonds. The first kappa shape index (κ1) is 34.9. The smallest absolute Gasteiger partial charge is 0.335 e. The number of hydrogen-bond donors (Lipinski definition) is 2. The van der Waals surface area contributed by atoms with Gasteiger partial charge in [-0.3, -0.25) is 0 Å². The highest BCUT2D eigenvalue weighted by molar-refractivity contribution is 7.91. The quantitative estimate of drug-likeness (QED) is 0.249. The van der Waals surface area contributed by atoms with E-state index >= 15 is 0 Å². The Balaban J connectivity index is 0.000000247. The van der Waals surface area contributed by atoms with Crippen molar-refractivity contribution in [1.29, 1.82) is 0 Å². The first-order valence-electron chi connectivity index (χ1n) is 13.6. The van der Waals surface area contributed by atoms with Crippen molar-refractivity contribution in [1.82, 2.24) is 0 Å². The van der Waals surface area contributed by atoms with Crippen molar-refractivity contribution in [2.24, 2.45) is 0 Å². The van der Waals surface area contributed by atoms with Crippen LogP contribution >= 0.6 is 0 Å². The van der Waals surface area contributed by atoms with E-state index in [-0.39, 0.29) is 20.9 Å². The number of rotatable bonds is 8. The second-order valence-electron chi connectivity index (χ2n) is 12.0. The number of aromatic carboxylic acids is 2. The number of nitrogens with zero attached hydrogens (tertiary/aromatic N) is 2. The van der Waals surface area contributed by atoms with Crippen molar-refractivity contribution in [3.8, 4) is 0 Å². The first-order valence-corrected chi connectivity index (χ1v) is 15.1. The van der Waals surface area contributed by atoms with Gasteiger partial charge in [0.25, 0.3) is 0 Å². The molecule has 43 heavy (non-hydrogen) atoms. The molecule has 4 aromatic rings. The van der Waals surface area contributed by atoms with Gasteiger partial charge in [-0.2, -0.15) is 0 Å². The third-order valence-corrected chi connectivity index (χ3v) is 7.61. The van der Waals surface area contributed by atoms with Crippen molar-refractivity contribution in [2.45, 2.75) is 22.9 Å². The molecular formula is C34H42N2O6S+2. The van der Waals surface area contributed by atoms with Crippen molar-refractivity contribution in [3.05, 3.63) is 131 Å². The summed E-state index contributed by atoms with van der Waals surface area (Å²) in [5.41, 5.74) is 2.77. The van der Waals surface area contributed by atoms with Gasteiger partial charge in [-0.05, 0) is 48.5 Å². The van der Waals surface area contributed by atoms with Gasteiger partial charge in [0.2, 0.25) is 9.84 Å². The summed E-state index contributed by atoms with van der Waals surface area (Å²) in [6, 6.07) is 30.7. The number of benzene rings is 4. The molecule has 0 atom stereocenters. The predicted molar refractivity (Wildman–Crippen MR) is 169 cm³/mol. The number of quaternary nitrogens is 2. The van der Waals surface area contributed by atoms with Gasteiger partial charge in [0.05, 0.1) is 63.2 Å². The molecule has 0 fully saturated rings. The number of hydrogen-bond acceptors (Lipinski definition) is 4. The van der Waals surface area contributed by atoms with Crippen LogP contribution in [0, 0.1) is 0 Å². The Morgan fingerprint density at radius 1 is 0.512 bits per heavy atom. The fraction of sp³-hybridized carbons (Fsp3) is 0.235. The summed E-state index contributed by atoms with van der Waals surface area (Å²) in [6.45, 7) is 2.20. The summed E-state index contributed by atoms with van der Waals surface area (Å²) in [5, 5.41) is 17.5. The van der Waals surface area contributed by atoms with Crippen molar-refractivity contribution >= 4 is 21.8 Å². The zero-order valence-corrected chi connectivity index (χ0v) is 26.5. The van der Waals surface area contributed by atoms with E-state index in [1.54, 1.807) is 0 Å². The van der Waals surface area contributed by atoms with Gasteiger partial charge in [0, 0.05) is 11.1 Å². The van der Waals surface area contributed by atoms with Gasteiger partial charge in [0.15, 0.2) is 0 Å². The van der Waals surface area contributed by atoms with Crippen LogP contribution in [-0.4, -0.2) is 81.8 Å². The lowest BCUT2D eigenvalue weighted by molar-refractivity contribution is -0.884. The molecular weight excluding hydrogens is 564 g/mol. The second-order valence-corrected chi connectivity index (χ2v) is 14.0. The molecule has 9 heteroatoms. The number of carboxylic acid groups (broad SMARTS) is 2. The molecule has 0 bridgehead atoms. The molecule has 0 spiro atoms. The van der Waals surface area contributed by atoms with E-state index in [1.807, 2.05) is 0 Å². The molecule has 0 aliphatic heterocycles. The molecule has 0 aliphatic carbocycles. The van der Waals surface area contributed by atoms with Gasteiger partial charge in [-0.25, -0.2) is 18.0 Å². The van der Waals surface area contributed by atoms with Crippen LogP contribution in [0.4, 0.5) is 0 Å². The molecule has 8 nitrogen and oxygen atoms in total. The molecule has 228 valence electrons. The van der Waals surface area contributed by atoms with Crippen molar-refractivity contribution in [2.75, 3.05) is 42.3 Å². The minimum absolute atomic E-state index is 0.0184. The molecule has 4 aromatic carbocycles. The monoisotopic (exact) mass is 606 g/mol. The molecule has 0 aliphatic rings. The highest BCUT2D eigenvalue weighted by atomic mass is 32.2. The summed E-state index contributed by atoms with van der Waals surface area (Å²) in [6.07, 6.45) is 0. The van der Waals surface area contributed by atoms with Crippen LogP contribution in [0.5, 0.6) is 0 Å². The summed E-state index contributed by atoms with van der Waals surface area (Å²) < 4.78 is 26.6. The third kappa shape index (κ3) is 12.6. The maximum Gasteiger partial charge on any atom is 0.335 e. The lowest BCUT2D eigenvalue weighted by Gasteiger charge is -2.23.